The number of carbonyl (C=O) groups is 1. The minimum absolute atomic E-state index is 0.00694. The average molecular weight is 132 g/mol. The standard InChI is InChI=1S/C5H12N2O2/c1-4(3-9-2)7-5(6)8/h4H,3H2,1-2H3,(H3,6,7,8). The van der Waals surface area contributed by atoms with Crippen molar-refractivity contribution in [1.29, 1.82) is 0 Å². The van der Waals surface area contributed by atoms with Crippen LogP contribution in [0.2, 0.25) is 0 Å². The van der Waals surface area contributed by atoms with E-state index in [0.29, 0.717) is 6.61 Å². The molecule has 0 aromatic heterocycles. The van der Waals surface area contributed by atoms with E-state index in [-0.39, 0.29) is 6.04 Å². The zero-order chi connectivity index (χ0) is 7.28. The number of methoxy groups -OCH3 is 1. The van der Waals surface area contributed by atoms with Gasteiger partial charge in [-0.05, 0) is 6.92 Å². The van der Waals surface area contributed by atoms with Crippen molar-refractivity contribution in [2.45, 2.75) is 13.0 Å². The molecule has 0 fully saturated rings. The predicted molar refractivity (Wildman–Crippen MR) is 34.1 cm³/mol. The van der Waals surface area contributed by atoms with Crippen molar-refractivity contribution < 1.29 is 9.53 Å². The number of primary amides is 1. The lowest BCUT2D eigenvalue weighted by Gasteiger charge is -2.09. The van der Waals surface area contributed by atoms with Crippen LogP contribution in [-0.4, -0.2) is 25.8 Å². The fourth-order valence-electron chi connectivity index (χ4n) is 0.535. The molecule has 0 heterocycles. The molecule has 0 aromatic carbocycles. The van der Waals surface area contributed by atoms with Crippen molar-refractivity contribution in [2.75, 3.05) is 13.7 Å². The van der Waals surface area contributed by atoms with Crippen LogP contribution >= 0.6 is 0 Å². The molecule has 0 radical (unpaired) electrons. The fraction of sp³-hybridized carbons (Fsp3) is 0.800. The lowest BCUT2D eigenvalue weighted by Crippen LogP contribution is -2.39. The number of carbonyl (C=O) groups excluding carboxylic acids is 1. The Morgan fingerprint density at radius 3 is 2.78 bits per heavy atom. The van der Waals surface area contributed by atoms with Gasteiger partial charge in [0, 0.05) is 7.11 Å². The topological polar surface area (TPSA) is 64.3 Å². The molecule has 1 unspecified atom stereocenters. The summed E-state index contributed by atoms with van der Waals surface area (Å²) in [4.78, 5) is 10.1. The van der Waals surface area contributed by atoms with Crippen LogP contribution in [0.15, 0.2) is 0 Å². The Bertz CT molecular complexity index is 95.0. The zero-order valence-corrected chi connectivity index (χ0v) is 5.68. The first-order valence-corrected chi connectivity index (χ1v) is 2.71. The van der Waals surface area contributed by atoms with Crippen molar-refractivity contribution in [3.63, 3.8) is 0 Å². The van der Waals surface area contributed by atoms with Gasteiger partial charge >= 0.3 is 6.03 Å². The van der Waals surface area contributed by atoms with Crippen LogP contribution < -0.4 is 11.1 Å². The van der Waals surface area contributed by atoms with Crippen molar-refractivity contribution in [1.82, 2.24) is 5.32 Å². The van der Waals surface area contributed by atoms with Gasteiger partial charge in [-0.1, -0.05) is 0 Å². The van der Waals surface area contributed by atoms with Gasteiger partial charge in [0.05, 0.1) is 12.6 Å². The third-order valence-corrected chi connectivity index (χ3v) is 0.805. The Morgan fingerprint density at radius 2 is 2.44 bits per heavy atom. The summed E-state index contributed by atoms with van der Waals surface area (Å²) in [6, 6.07) is -0.521. The number of nitrogens with two attached hydrogens (primary N) is 1. The van der Waals surface area contributed by atoms with Crippen LogP contribution in [0.3, 0.4) is 0 Å². The second-order valence-corrected chi connectivity index (χ2v) is 1.86. The highest BCUT2D eigenvalue weighted by atomic mass is 16.5. The molecule has 1 atom stereocenters. The van der Waals surface area contributed by atoms with E-state index in [0.717, 1.165) is 0 Å². The molecule has 0 rings (SSSR count). The summed E-state index contributed by atoms with van der Waals surface area (Å²) in [5.41, 5.74) is 4.82. The summed E-state index contributed by atoms with van der Waals surface area (Å²) in [5.74, 6) is 0. The van der Waals surface area contributed by atoms with E-state index in [1.165, 1.54) is 0 Å². The molecule has 54 valence electrons. The molecule has 0 aliphatic carbocycles. The highest BCUT2D eigenvalue weighted by Crippen LogP contribution is 1.79. The van der Waals surface area contributed by atoms with Crippen molar-refractivity contribution in [3.05, 3.63) is 0 Å². The van der Waals surface area contributed by atoms with E-state index < -0.39 is 6.03 Å². The Kier molecular flexibility index (Phi) is 3.79. The van der Waals surface area contributed by atoms with Gasteiger partial charge in [0.1, 0.15) is 0 Å². The lowest BCUT2D eigenvalue weighted by atomic mass is 10.4. The summed E-state index contributed by atoms with van der Waals surface area (Å²) in [7, 11) is 1.57. The molecule has 0 bridgehead atoms. The van der Waals surface area contributed by atoms with Crippen LogP contribution in [0, 0.1) is 0 Å². The van der Waals surface area contributed by atoms with E-state index in [1.807, 2.05) is 6.92 Å². The quantitative estimate of drug-likeness (QED) is 0.553. The molecule has 0 aliphatic rings. The third-order valence-electron chi connectivity index (χ3n) is 0.805. The maximum atomic E-state index is 10.1. The number of hydrogen-bond acceptors (Lipinski definition) is 2. The maximum absolute atomic E-state index is 10.1. The highest BCUT2D eigenvalue weighted by molar-refractivity contribution is 5.71. The van der Waals surface area contributed by atoms with Crippen LogP contribution in [0.25, 0.3) is 0 Å². The number of hydrogen-bond donors (Lipinski definition) is 2. The summed E-state index contributed by atoms with van der Waals surface area (Å²) in [6.45, 7) is 2.30. The largest absolute Gasteiger partial charge is 0.383 e. The summed E-state index contributed by atoms with van der Waals surface area (Å²) in [6.07, 6.45) is 0. The van der Waals surface area contributed by atoms with E-state index >= 15 is 0 Å². The zero-order valence-electron chi connectivity index (χ0n) is 5.68. The monoisotopic (exact) mass is 132 g/mol. The molecule has 2 amide bonds. The van der Waals surface area contributed by atoms with E-state index in [2.05, 4.69) is 5.32 Å². The molecule has 0 spiro atoms. The Morgan fingerprint density at radius 1 is 1.89 bits per heavy atom. The van der Waals surface area contributed by atoms with Crippen LogP contribution in [-0.2, 0) is 4.74 Å². The normalized spacial score (nSPS) is 12.7. The van der Waals surface area contributed by atoms with E-state index in [4.69, 9.17) is 10.5 Å². The van der Waals surface area contributed by atoms with Gasteiger partial charge < -0.3 is 15.8 Å². The van der Waals surface area contributed by atoms with E-state index in [1.54, 1.807) is 7.11 Å². The minimum Gasteiger partial charge on any atom is -0.383 e. The molecule has 0 saturated carbocycles. The van der Waals surface area contributed by atoms with Gasteiger partial charge in [0.15, 0.2) is 0 Å². The first kappa shape index (κ1) is 8.23. The number of nitrogens with one attached hydrogen (secondary N) is 1. The molecule has 4 heteroatoms. The smallest absolute Gasteiger partial charge is 0.312 e. The van der Waals surface area contributed by atoms with Crippen LogP contribution in [0.4, 0.5) is 4.79 Å². The summed E-state index contributed by atoms with van der Waals surface area (Å²) in [5, 5.41) is 2.46. The van der Waals surface area contributed by atoms with Crippen molar-refractivity contribution >= 4 is 6.03 Å². The molecule has 0 saturated heterocycles. The molecular weight excluding hydrogens is 120 g/mol. The van der Waals surface area contributed by atoms with Crippen molar-refractivity contribution in [3.8, 4) is 0 Å². The molecule has 0 aliphatic heterocycles. The van der Waals surface area contributed by atoms with Crippen LogP contribution in [0.5, 0.6) is 0 Å². The van der Waals surface area contributed by atoms with Gasteiger partial charge in [0.25, 0.3) is 0 Å². The summed E-state index contributed by atoms with van der Waals surface area (Å²) < 4.78 is 4.73. The molecule has 3 N–H and O–H groups in total. The van der Waals surface area contributed by atoms with Gasteiger partial charge in [-0.25, -0.2) is 4.79 Å². The van der Waals surface area contributed by atoms with Gasteiger partial charge in [-0.15, -0.1) is 0 Å². The fourth-order valence-corrected chi connectivity index (χ4v) is 0.535. The number of rotatable bonds is 3. The van der Waals surface area contributed by atoms with Crippen LogP contribution in [0.1, 0.15) is 6.92 Å². The first-order valence-electron chi connectivity index (χ1n) is 2.71. The third kappa shape index (κ3) is 5.10. The second-order valence-electron chi connectivity index (χ2n) is 1.86. The second kappa shape index (κ2) is 4.14. The molecule has 9 heavy (non-hydrogen) atoms. The number of amides is 2. The Balaban J connectivity index is 3.26. The molecule has 0 aromatic rings. The van der Waals surface area contributed by atoms with Gasteiger partial charge in [0.2, 0.25) is 0 Å². The Hall–Kier alpha value is -0.770. The molecular formula is C5H12N2O2. The highest BCUT2D eigenvalue weighted by Gasteiger charge is 2.00. The summed E-state index contributed by atoms with van der Waals surface area (Å²) >= 11 is 0. The maximum Gasteiger partial charge on any atom is 0.312 e. The minimum atomic E-state index is -0.514. The van der Waals surface area contributed by atoms with Gasteiger partial charge in [-0.3, -0.25) is 0 Å². The molecule has 4 nitrogen and oxygen atoms in total. The Labute approximate surface area is 54.4 Å². The SMILES string of the molecule is COCC(C)NC(N)=O. The van der Waals surface area contributed by atoms with Crippen molar-refractivity contribution in [2.24, 2.45) is 5.73 Å². The number of ether oxygens (including phenoxy) is 1. The van der Waals surface area contributed by atoms with E-state index in [9.17, 15) is 4.79 Å². The average Bonchev–Trinajstić information content (AvgIpc) is 1.63. The van der Waals surface area contributed by atoms with Gasteiger partial charge in [-0.2, -0.15) is 0 Å². The lowest BCUT2D eigenvalue weighted by molar-refractivity contribution is 0.172. The number of urea groups is 1. The predicted octanol–water partition coefficient (Wildman–Crippen LogP) is -0.310. The first-order chi connectivity index (χ1) is 4.16.